The maximum Gasteiger partial charge on any atom is 0.221 e. The number of amides is 1. The second-order valence-corrected chi connectivity index (χ2v) is 6.43. The summed E-state index contributed by atoms with van der Waals surface area (Å²) in [5, 5.41) is 6.49. The Morgan fingerprint density at radius 1 is 1.38 bits per heavy atom. The van der Waals surface area contributed by atoms with Crippen LogP contribution in [0.4, 0.5) is 5.69 Å². The lowest BCUT2D eigenvalue weighted by molar-refractivity contribution is -0.123. The minimum absolute atomic E-state index is 0.119. The van der Waals surface area contributed by atoms with Crippen molar-refractivity contribution in [3.63, 3.8) is 0 Å². The molecule has 24 heavy (non-hydrogen) atoms. The Balaban J connectivity index is 1.45. The topological polar surface area (TPSA) is 62.8 Å². The lowest BCUT2D eigenvalue weighted by Crippen LogP contribution is -2.48. The zero-order valence-electron chi connectivity index (χ0n) is 14.3. The second kappa shape index (κ2) is 8.35. The molecule has 0 saturated carbocycles. The molecule has 0 spiro atoms. The minimum atomic E-state index is 0.119. The number of methoxy groups -OCH3 is 1. The van der Waals surface area contributed by atoms with Crippen LogP contribution in [0.5, 0.6) is 5.75 Å². The van der Waals surface area contributed by atoms with Crippen LogP contribution in [-0.4, -0.2) is 57.9 Å². The molecule has 2 N–H and O–H groups in total. The van der Waals surface area contributed by atoms with E-state index in [1.807, 2.05) is 18.2 Å². The third-order valence-corrected chi connectivity index (χ3v) is 4.72. The summed E-state index contributed by atoms with van der Waals surface area (Å²) in [4.78, 5) is 14.5. The Morgan fingerprint density at radius 2 is 2.17 bits per heavy atom. The van der Waals surface area contributed by atoms with Crippen molar-refractivity contribution in [3.8, 4) is 5.75 Å². The van der Waals surface area contributed by atoms with Gasteiger partial charge in [0.1, 0.15) is 5.75 Å². The number of nitrogens with one attached hydrogen (secondary N) is 2. The quantitative estimate of drug-likeness (QED) is 0.847. The van der Waals surface area contributed by atoms with Crippen LogP contribution in [0.3, 0.4) is 0 Å². The number of piperidine rings is 1. The number of hydrogen-bond donors (Lipinski definition) is 2. The molecule has 0 aliphatic carbocycles. The van der Waals surface area contributed by atoms with Crippen molar-refractivity contribution in [1.29, 1.82) is 0 Å². The third-order valence-electron chi connectivity index (χ3n) is 4.72. The third kappa shape index (κ3) is 4.39. The molecule has 0 radical (unpaired) electrons. The van der Waals surface area contributed by atoms with Gasteiger partial charge in [-0.2, -0.15) is 0 Å². The van der Waals surface area contributed by atoms with Crippen molar-refractivity contribution in [2.45, 2.75) is 31.3 Å². The molecule has 2 fully saturated rings. The van der Waals surface area contributed by atoms with Crippen molar-refractivity contribution >= 4 is 11.6 Å². The number of hydrogen-bond acceptors (Lipinski definition) is 5. The summed E-state index contributed by atoms with van der Waals surface area (Å²) in [7, 11) is 1.70. The lowest BCUT2D eigenvalue weighted by Gasteiger charge is -2.35. The average molecular weight is 333 g/mol. The fourth-order valence-electron chi connectivity index (χ4n) is 3.42. The van der Waals surface area contributed by atoms with Gasteiger partial charge in [-0.1, -0.05) is 12.1 Å². The van der Waals surface area contributed by atoms with E-state index in [2.05, 4.69) is 21.6 Å². The number of para-hydroxylation sites is 2. The van der Waals surface area contributed by atoms with E-state index in [0.717, 1.165) is 50.5 Å². The van der Waals surface area contributed by atoms with Crippen LogP contribution >= 0.6 is 0 Å². The highest BCUT2D eigenvalue weighted by atomic mass is 16.5. The van der Waals surface area contributed by atoms with E-state index in [4.69, 9.17) is 9.47 Å². The first-order valence-electron chi connectivity index (χ1n) is 8.74. The van der Waals surface area contributed by atoms with Crippen molar-refractivity contribution in [2.75, 3.05) is 44.9 Å². The number of ether oxygens (including phenoxy) is 2. The van der Waals surface area contributed by atoms with Gasteiger partial charge in [-0.15, -0.1) is 0 Å². The van der Waals surface area contributed by atoms with Gasteiger partial charge in [0.25, 0.3) is 0 Å². The smallest absolute Gasteiger partial charge is 0.221 e. The second-order valence-electron chi connectivity index (χ2n) is 6.43. The van der Waals surface area contributed by atoms with Crippen molar-refractivity contribution in [1.82, 2.24) is 10.6 Å². The number of benzene rings is 1. The van der Waals surface area contributed by atoms with Gasteiger partial charge < -0.3 is 25.0 Å². The summed E-state index contributed by atoms with van der Waals surface area (Å²) < 4.78 is 10.8. The highest BCUT2D eigenvalue weighted by molar-refractivity contribution is 5.77. The molecule has 6 nitrogen and oxygen atoms in total. The van der Waals surface area contributed by atoms with Crippen LogP contribution < -0.4 is 20.3 Å². The Morgan fingerprint density at radius 3 is 2.88 bits per heavy atom. The predicted octanol–water partition coefficient (Wildman–Crippen LogP) is 1.16. The molecular formula is C18H27N3O3. The summed E-state index contributed by atoms with van der Waals surface area (Å²) in [6, 6.07) is 8.50. The van der Waals surface area contributed by atoms with Crippen LogP contribution in [0.25, 0.3) is 0 Å². The van der Waals surface area contributed by atoms with Crippen molar-refractivity contribution in [3.05, 3.63) is 24.3 Å². The van der Waals surface area contributed by atoms with E-state index in [-0.39, 0.29) is 18.0 Å². The number of rotatable bonds is 5. The number of carbonyl (C=O) groups excluding carboxylic acids is 1. The van der Waals surface area contributed by atoms with E-state index in [1.54, 1.807) is 7.11 Å². The van der Waals surface area contributed by atoms with Crippen molar-refractivity contribution < 1.29 is 14.3 Å². The summed E-state index contributed by atoms with van der Waals surface area (Å²) in [5.74, 6) is 1.03. The molecule has 2 saturated heterocycles. The number of nitrogens with zero attached hydrogens (tertiary/aromatic N) is 1. The molecule has 3 rings (SSSR count). The average Bonchev–Trinajstić information content (AvgIpc) is 2.63. The zero-order valence-corrected chi connectivity index (χ0v) is 14.3. The van der Waals surface area contributed by atoms with Gasteiger partial charge in [0.05, 0.1) is 26.0 Å². The largest absolute Gasteiger partial charge is 0.495 e. The molecule has 0 aromatic heterocycles. The number of morpholine rings is 1. The molecule has 132 valence electrons. The highest BCUT2D eigenvalue weighted by Crippen LogP contribution is 2.29. The van der Waals surface area contributed by atoms with E-state index < -0.39 is 0 Å². The van der Waals surface area contributed by atoms with Gasteiger partial charge in [0, 0.05) is 38.1 Å². The molecule has 2 aliphatic heterocycles. The first kappa shape index (κ1) is 17.0. The van der Waals surface area contributed by atoms with E-state index in [1.165, 1.54) is 0 Å². The van der Waals surface area contributed by atoms with Crippen LogP contribution in [0.2, 0.25) is 0 Å². The fraction of sp³-hybridized carbons (Fsp3) is 0.611. The Kier molecular flexibility index (Phi) is 5.93. The molecule has 2 aliphatic rings. The molecular weight excluding hydrogens is 306 g/mol. The Bertz CT molecular complexity index is 538. The van der Waals surface area contributed by atoms with Gasteiger partial charge in [-0.3, -0.25) is 4.79 Å². The fourth-order valence-corrected chi connectivity index (χ4v) is 3.42. The molecule has 2 heterocycles. The van der Waals surface area contributed by atoms with Crippen molar-refractivity contribution in [2.24, 2.45) is 0 Å². The van der Waals surface area contributed by atoms with Crippen LogP contribution in [0.15, 0.2) is 24.3 Å². The first-order chi connectivity index (χ1) is 11.8. The molecule has 6 heteroatoms. The summed E-state index contributed by atoms with van der Waals surface area (Å²) in [6.07, 6.45) is 2.41. The highest BCUT2D eigenvalue weighted by Gasteiger charge is 2.24. The van der Waals surface area contributed by atoms with Gasteiger partial charge in [0.2, 0.25) is 5.91 Å². The van der Waals surface area contributed by atoms with E-state index in [0.29, 0.717) is 13.0 Å². The standard InChI is InChI=1S/C18H27N3O3/c1-23-17-5-3-2-4-16(17)21-9-6-14(7-10-21)20-18(22)12-15-13-24-11-8-19-15/h2-5,14-15,19H,6-13H2,1H3,(H,20,22). The van der Waals surface area contributed by atoms with Crippen LogP contribution in [-0.2, 0) is 9.53 Å². The zero-order chi connectivity index (χ0) is 16.8. The van der Waals surface area contributed by atoms with E-state index >= 15 is 0 Å². The normalized spacial score (nSPS) is 22.2. The lowest BCUT2D eigenvalue weighted by atomic mass is 10.0. The monoisotopic (exact) mass is 333 g/mol. The van der Waals surface area contributed by atoms with Gasteiger partial charge in [-0.05, 0) is 25.0 Å². The summed E-state index contributed by atoms with van der Waals surface area (Å²) in [6.45, 7) is 4.04. The summed E-state index contributed by atoms with van der Waals surface area (Å²) in [5.41, 5.74) is 1.13. The summed E-state index contributed by atoms with van der Waals surface area (Å²) >= 11 is 0. The van der Waals surface area contributed by atoms with Gasteiger partial charge >= 0.3 is 0 Å². The van der Waals surface area contributed by atoms with Gasteiger partial charge in [-0.25, -0.2) is 0 Å². The molecule has 1 aromatic rings. The number of anilines is 1. The van der Waals surface area contributed by atoms with Crippen LogP contribution in [0, 0.1) is 0 Å². The minimum Gasteiger partial charge on any atom is -0.495 e. The maximum atomic E-state index is 12.2. The Hall–Kier alpha value is -1.79. The van der Waals surface area contributed by atoms with E-state index in [9.17, 15) is 4.79 Å². The molecule has 1 unspecified atom stereocenters. The molecule has 0 bridgehead atoms. The Labute approximate surface area is 143 Å². The molecule has 1 atom stereocenters. The number of carbonyl (C=O) groups is 1. The van der Waals surface area contributed by atoms with Crippen LogP contribution in [0.1, 0.15) is 19.3 Å². The first-order valence-corrected chi connectivity index (χ1v) is 8.74. The predicted molar refractivity (Wildman–Crippen MR) is 93.6 cm³/mol. The maximum absolute atomic E-state index is 12.2. The SMILES string of the molecule is COc1ccccc1N1CCC(NC(=O)CC2COCCN2)CC1. The van der Waals surface area contributed by atoms with Gasteiger partial charge in [0.15, 0.2) is 0 Å². The molecule has 1 aromatic carbocycles. The molecule has 1 amide bonds.